The standard InChI is InChI=1S/C16H16F2N2O3/c1-20-12-9-11(5-3-10(12)4-6-13(20)21)19-14(22)16(17,18)15(23)7-2-8-15/h3-6,9,23H,2,7-8H2,1H3,(H,19,22). The zero-order chi connectivity index (χ0) is 16.8. The van der Waals surface area contributed by atoms with Crippen LogP contribution in [0.1, 0.15) is 19.3 Å². The van der Waals surface area contributed by atoms with E-state index in [1.165, 1.54) is 22.8 Å². The number of alkyl halides is 2. The largest absolute Gasteiger partial charge is 0.383 e. The first-order valence-electron chi connectivity index (χ1n) is 7.26. The van der Waals surface area contributed by atoms with Gasteiger partial charge >= 0.3 is 5.92 Å². The van der Waals surface area contributed by atoms with Gasteiger partial charge in [0.1, 0.15) is 5.60 Å². The average Bonchev–Trinajstić information content (AvgIpc) is 2.48. The van der Waals surface area contributed by atoms with E-state index in [1.54, 1.807) is 19.2 Å². The molecule has 1 aromatic heterocycles. The molecule has 0 aliphatic heterocycles. The Hall–Kier alpha value is -2.28. The minimum absolute atomic E-state index is 0.0976. The number of anilines is 1. The topological polar surface area (TPSA) is 71.3 Å². The van der Waals surface area contributed by atoms with Gasteiger partial charge in [-0.05, 0) is 42.8 Å². The highest BCUT2D eigenvalue weighted by atomic mass is 19.3. The number of rotatable bonds is 3. The van der Waals surface area contributed by atoms with E-state index in [0.717, 1.165) is 5.39 Å². The van der Waals surface area contributed by atoms with Crippen molar-refractivity contribution in [1.29, 1.82) is 0 Å². The number of hydrogen-bond acceptors (Lipinski definition) is 3. The number of benzene rings is 1. The van der Waals surface area contributed by atoms with Crippen molar-refractivity contribution in [3.63, 3.8) is 0 Å². The first-order chi connectivity index (χ1) is 10.7. The fourth-order valence-electron chi connectivity index (χ4n) is 2.69. The number of aliphatic hydroxyl groups is 1. The normalized spacial score (nSPS) is 16.9. The van der Waals surface area contributed by atoms with E-state index in [2.05, 4.69) is 5.32 Å². The molecule has 122 valence electrons. The number of fused-ring (bicyclic) bond motifs is 1. The van der Waals surface area contributed by atoms with Crippen molar-refractivity contribution in [2.24, 2.45) is 7.05 Å². The van der Waals surface area contributed by atoms with E-state index in [-0.39, 0.29) is 24.1 Å². The maximum atomic E-state index is 14.1. The van der Waals surface area contributed by atoms with Crippen LogP contribution < -0.4 is 10.9 Å². The molecular weight excluding hydrogens is 306 g/mol. The van der Waals surface area contributed by atoms with Crippen molar-refractivity contribution >= 4 is 22.5 Å². The Balaban J connectivity index is 1.91. The van der Waals surface area contributed by atoms with E-state index in [4.69, 9.17) is 0 Å². The molecule has 0 unspecified atom stereocenters. The number of amides is 1. The number of carbonyl (C=O) groups is 1. The Labute approximate surface area is 130 Å². The van der Waals surface area contributed by atoms with Gasteiger partial charge in [-0.3, -0.25) is 9.59 Å². The Morgan fingerprint density at radius 3 is 2.57 bits per heavy atom. The lowest BCUT2D eigenvalue weighted by atomic mass is 9.75. The molecule has 1 aliphatic carbocycles. The third-order valence-corrected chi connectivity index (χ3v) is 4.44. The van der Waals surface area contributed by atoms with Crippen molar-refractivity contribution in [2.45, 2.75) is 30.8 Å². The number of aromatic nitrogens is 1. The zero-order valence-corrected chi connectivity index (χ0v) is 12.5. The Kier molecular flexibility index (Phi) is 3.48. The number of carbonyl (C=O) groups excluding carboxylic acids is 1. The molecule has 1 amide bonds. The first-order valence-corrected chi connectivity index (χ1v) is 7.26. The minimum Gasteiger partial charge on any atom is -0.383 e. The van der Waals surface area contributed by atoms with E-state index >= 15 is 0 Å². The molecule has 2 N–H and O–H groups in total. The number of nitrogens with zero attached hydrogens (tertiary/aromatic N) is 1. The third-order valence-electron chi connectivity index (χ3n) is 4.44. The quantitative estimate of drug-likeness (QED) is 0.908. The maximum absolute atomic E-state index is 14.1. The molecule has 2 aromatic rings. The molecule has 0 bridgehead atoms. The molecule has 1 aromatic carbocycles. The van der Waals surface area contributed by atoms with Crippen LogP contribution in [0.15, 0.2) is 35.1 Å². The summed E-state index contributed by atoms with van der Waals surface area (Å²) in [6.45, 7) is 0. The molecule has 3 rings (SSSR count). The predicted molar refractivity (Wildman–Crippen MR) is 81.6 cm³/mol. The van der Waals surface area contributed by atoms with Crippen LogP contribution in [0.3, 0.4) is 0 Å². The lowest BCUT2D eigenvalue weighted by molar-refractivity contribution is -0.212. The molecule has 5 nitrogen and oxygen atoms in total. The van der Waals surface area contributed by atoms with E-state index in [1.807, 2.05) is 0 Å². The van der Waals surface area contributed by atoms with E-state index in [0.29, 0.717) is 11.9 Å². The van der Waals surface area contributed by atoms with Crippen LogP contribution >= 0.6 is 0 Å². The van der Waals surface area contributed by atoms with E-state index < -0.39 is 17.4 Å². The van der Waals surface area contributed by atoms with Crippen LogP contribution in [0.2, 0.25) is 0 Å². The number of pyridine rings is 1. The second-order valence-corrected chi connectivity index (χ2v) is 5.92. The lowest BCUT2D eigenvalue weighted by Gasteiger charge is -2.41. The number of aryl methyl sites for hydroxylation is 1. The Morgan fingerprint density at radius 1 is 1.30 bits per heavy atom. The Bertz CT molecular complexity index is 841. The smallest absolute Gasteiger partial charge is 0.352 e. The third kappa shape index (κ3) is 2.41. The molecular formula is C16H16F2N2O3. The van der Waals surface area contributed by atoms with Crippen molar-refractivity contribution in [3.05, 3.63) is 40.7 Å². The van der Waals surface area contributed by atoms with Crippen molar-refractivity contribution in [3.8, 4) is 0 Å². The molecule has 7 heteroatoms. The second kappa shape index (κ2) is 5.13. The van der Waals surface area contributed by atoms with Gasteiger partial charge < -0.3 is 15.0 Å². The van der Waals surface area contributed by atoms with Gasteiger partial charge in [0.15, 0.2) is 0 Å². The molecule has 23 heavy (non-hydrogen) atoms. The van der Waals surface area contributed by atoms with Crippen LogP contribution in [-0.2, 0) is 11.8 Å². The predicted octanol–water partition coefficient (Wildman–Crippen LogP) is 2.03. The number of halogens is 2. The van der Waals surface area contributed by atoms with Gasteiger partial charge in [0, 0.05) is 18.8 Å². The van der Waals surface area contributed by atoms with Crippen LogP contribution in [0.5, 0.6) is 0 Å². The Morgan fingerprint density at radius 2 is 1.96 bits per heavy atom. The van der Waals surface area contributed by atoms with Gasteiger partial charge in [0.05, 0.1) is 5.52 Å². The van der Waals surface area contributed by atoms with Gasteiger partial charge in [-0.2, -0.15) is 8.78 Å². The van der Waals surface area contributed by atoms with Gasteiger partial charge in [0.2, 0.25) is 0 Å². The summed E-state index contributed by atoms with van der Waals surface area (Å²) in [7, 11) is 1.56. The fraction of sp³-hybridized carbons (Fsp3) is 0.375. The highest BCUT2D eigenvalue weighted by molar-refractivity contribution is 5.98. The summed E-state index contributed by atoms with van der Waals surface area (Å²) in [5.41, 5.74) is -1.84. The second-order valence-electron chi connectivity index (χ2n) is 5.92. The highest BCUT2D eigenvalue weighted by Crippen LogP contribution is 2.44. The SMILES string of the molecule is Cn1c(=O)ccc2ccc(NC(=O)C(F)(F)C3(O)CCC3)cc21. The molecule has 0 spiro atoms. The molecule has 0 atom stereocenters. The summed E-state index contributed by atoms with van der Waals surface area (Å²) in [6, 6.07) is 7.58. The van der Waals surface area contributed by atoms with Crippen LogP contribution in [0, 0.1) is 0 Å². The van der Waals surface area contributed by atoms with Crippen LogP contribution in [0.25, 0.3) is 10.9 Å². The van der Waals surface area contributed by atoms with Gasteiger partial charge in [-0.15, -0.1) is 0 Å². The number of nitrogens with one attached hydrogen (secondary N) is 1. The van der Waals surface area contributed by atoms with Crippen LogP contribution in [-0.4, -0.2) is 27.1 Å². The maximum Gasteiger partial charge on any atom is 0.352 e. The van der Waals surface area contributed by atoms with Crippen molar-refractivity contribution in [2.75, 3.05) is 5.32 Å². The summed E-state index contributed by atoms with van der Waals surface area (Å²) in [6.07, 6.45) is 0.275. The van der Waals surface area contributed by atoms with E-state index in [9.17, 15) is 23.5 Å². The van der Waals surface area contributed by atoms with Crippen molar-refractivity contribution in [1.82, 2.24) is 4.57 Å². The molecule has 0 radical (unpaired) electrons. The van der Waals surface area contributed by atoms with Crippen molar-refractivity contribution < 1.29 is 18.7 Å². The fourth-order valence-corrected chi connectivity index (χ4v) is 2.69. The molecule has 0 saturated heterocycles. The zero-order valence-electron chi connectivity index (χ0n) is 12.5. The summed E-state index contributed by atoms with van der Waals surface area (Å²) in [4.78, 5) is 23.5. The highest BCUT2D eigenvalue weighted by Gasteiger charge is 2.61. The monoisotopic (exact) mass is 322 g/mol. The van der Waals surface area contributed by atoms with Gasteiger partial charge in [0.25, 0.3) is 11.5 Å². The molecule has 1 fully saturated rings. The molecule has 1 aliphatic rings. The molecule has 1 heterocycles. The summed E-state index contributed by atoms with van der Waals surface area (Å²) >= 11 is 0. The average molecular weight is 322 g/mol. The number of hydrogen-bond donors (Lipinski definition) is 2. The summed E-state index contributed by atoms with van der Waals surface area (Å²) in [5, 5.41) is 12.7. The minimum atomic E-state index is -3.86. The van der Waals surface area contributed by atoms with Gasteiger partial charge in [-0.25, -0.2) is 0 Å². The first kappa shape index (κ1) is 15.6. The lowest BCUT2D eigenvalue weighted by Crippen LogP contribution is -2.59. The van der Waals surface area contributed by atoms with Crippen LogP contribution in [0.4, 0.5) is 14.5 Å². The molecule has 1 saturated carbocycles. The summed E-state index contributed by atoms with van der Waals surface area (Å²) < 4.78 is 29.5. The van der Waals surface area contributed by atoms with Gasteiger partial charge in [-0.1, -0.05) is 6.07 Å². The summed E-state index contributed by atoms with van der Waals surface area (Å²) in [5.74, 6) is -5.40.